The fraction of sp³-hybridized carbons (Fsp3) is 0.111. The first kappa shape index (κ1) is 22.8. The van der Waals surface area contributed by atoms with Gasteiger partial charge in [-0.25, -0.2) is 19.0 Å². The molecule has 9 nitrogen and oxygen atoms in total. The minimum absolute atomic E-state index is 0.112. The van der Waals surface area contributed by atoms with Crippen molar-refractivity contribution in [1.82, 2.24) is 34.7 Å². The Labute approximate surface area is 195 Å². The number of halogens is 6. The van der Waals surface area contributed by atoms with E-state index in [1.54, 1.807) is 0 Å². The molecule has 0 radical (unpaired) electrons. The molecule has 0 aliphatic rings. The molecule has 4 aromatic rings. The first-order chi connectivity index (χ1) is 15.6. The molecule has 0 bridgehead atoms. The number of hydrogen-bond donors (Lipinski definition) is 1. The van der Waals surface area contributed by atoms with Crippen LogP contribution in [0.5, 0.6) is 0 Å². The summed E-state index contributed by atoms with van der Waals surface area (Å²) >= 11 is 8.96. The van der Waals surface area contributed by atoms with E-state index in [4.69, 9.17) is 11.6 Å². The average Bonchev–Trinajstić information content (AvgIpc) is 3.40. The normalized spacial score (nSPS) is 11.6. The monoisotopic (exact) mass is 544 g/mol. The van der Waals surface area contributed by atoms with Crippen molar-refractivity contribution in [2.24, 2.45) is 0 Å². The van der Waals surface area contributed by atoms with Crippen LogP contribution in [0.4, 0.5) is 23.2 Å². The van der Waals surface area contributed by atoms with Crippen molar-refractivity contribution in [2.45, 2.75) is 12.6 Å². The number of carbonyl (C=O) groups is 1. The molecule has 15 heteroatoms. The molecule has 0 saturated carbocycles. The molecule has 33 heavy (non-hydrogen) atoms. The standard InChI is InChI=1S/C18H10BrClF4N8O/c19-16-12(21)1-2-13(30-16)31-15(18(22,23)24)9(7-28-31)5-14(33)29-10-6-11(20)17(25-8-10)32-26-3-4-27-32/h1-4,6-8H,5H2,(H,29,33). The molecule has 0 aliphatic carbocycles. The molecular weight excluding hydrogens is 536 g/mol. The summed E-state index contributed by atoms with van der Waals surface area (Å²) in [7, 11) is 0. The molecule has 0 saturated heterocycles. The van der Waals surface area contributed by atoms with Crippen LogP contribution < -0.4 is 5.32 Å². The molecule has 0 spiro atoms. The number of nitrogens with zero attached hydrogens (tertiary/aromatic N) is 7. The Hall–Kier alpha value is -3.39. The van der Waals surface area contributed by atoms with Gasteiger partial charge in [0.05, 0.1) is 41.9 Å². The van der Waals surface area contributed by atoms with Crippen molar-refractivity contribution in [3.05, 3.63) is 69.7 Å². The lowest BCUT2D eigenvalue weighted by Gasteiger charge is -2.13. The van der Waals surface area contributed by atoms with E-state index in [1.807, 2.05) is 0 Å². The number of anilines is 1. The van der Waals surface area contributed by atoms with E-state index >= 15 is 0 Å². The summed E-state index contributed by atoms with van der Waals surface area (Å²) in [4.78, 5) is 21.4. The van der Waals surface area contributed by atoms with Gasteiger partial charge in [0.1, 0.15) is 4.60 Å². The molecule has 1 N–H and O–H groups in total. The average molecular weight is 546 g/mol. The summed E-state index contributed by atoms with van der Waals surface area (Å²) in [5, 5.41) is 14.0. The van der Waals surface area contributed by atoms with Crippen molar-refractivity contribution >= 4 is 39.1 Å². The van der Waals surface area contributed by atoms with E-state index in [0.717, 1.165) is 18.3 Å². The van der Waals surface area contributed by atoms with Gasteiger partial charge in [0.2, 0.25) is 5.91 Å². The summed E-state index contributed by atoms with van der Waals surface area (Å²) in [6.07, 6.45) is -0.511. The molecule has 1 amide bonds. The van der Waals surface area contributed by atoms with Gasteiger partial charge in [0.25, 0.3) is 0 Å². The highest BCUT2D eigenvalue weighted by atomic mass is 79.9. The topological polar surface area (TPSA) is 103 Å². The SMILES string of the molecule is O=C(Cc1cnn(-c2ccc(F)c(Br)n2)c1C(F)(F)F)Nc1cnc(-n2nccn2)c(Cl)c1. The van der Waals surface area contributed by atoms with Crippen LogP contribution in [0.1, 0.15) is 11.3 Å². The molecule has 0 atom stereocenters. The number of nitrogens with one attached hydrogen (secondary N) is 1. The van der Waals surface area contributed by atoms with Crippen LogP contribution in [0.3, 0.4) is 0 Å². The van der Waals surface area contributed by atoms with E-state index in [1.165, 1.54) is 29.5 Å². The van der Waals surface area contributed by atoms with Crippen LogP contribution in [0.25, 0.3) is 11.6 Å². The first-order valence-corrected chi connectivity index (χ1v) is 10.1. The Morgan fingerprint density at radius 2 is 1.88 bits per heavy atom. The Morgan fingerprint density at radius 3 is 2.52 bits per heavy atom. The van der Waals surface area contributed by atoms with Crippen molar-refractivity contribution in [1.29, 1.82) is 0 Å². The fourth-order valence-electron chi connectivity index (χ4n) is 2.86. The predicted octanol–water partition coefficient (Wildman–Crippen LogP) is 4.00. The number of aromatic nitrogens is 7. The van der Waals surface area contributed by atoms with Gasteiger partial charge in [-0.1, -0.05) is 11.6 Å². The number of carbonyl (C=O) groups excluding carboxylic acids is 1. The zero-order chi connectivity index (χ0) is 23.8. The van der Waals surface area contributed by atoms with Gasteiger partial charge in [-0.05, 0) is 34.1 Å². The zero-order valence-corrected chi connectivity index (χ0v) is 18.4. The highest BCUT2D eigenvalue weighted by Gasteiger charge is 2.39. The Balaban J connectivity index is 1.57. The number of amides is 1. The smallest absolute Gasteiger partial charge is 0.324 e. The maximum atomic E-state index is 13.8. The number of rotatable bonds is 5. The third-order valence-corrected chi connectivity index (χ3v) is 5.02. The highest BCUT2D eigenvalue weighted by Crippen LogP contribution is 2.34. The minimum Gasteiger partial charge on any atom is -0.324 e. The molecule has 0 unspecified atom stereocenters. The molecule has 4 aromatic heterocycles. The maximum Gasteiger partial charge on any atom is 0.433 e. The minimum atomic E-state index is -4.86. The van der Waals surface area contributed by atoms with E-state index in [9.17, 15) is 22.4 Å². The summed E-state index contributed by atoms with van der Waals surface area (Å²) in [5.41, 5.74) is -1.45. The van der Waals surface area contributed by atoms with Crippen LogP contribution in [0.2, 0.25) is 5.02 Å². The van der Waals surface area contributed by atoms with Gasteiger partial charge in [-0.3, -0.25) is 4.79 Å². The van der Waals surface area contributed by atoms with Crippen molar-refractivity contribution in [3.63, 3.8) is 0 Å². The van der Waals surface area contributed by atoms with Crippen molar-refractivity contribution < 1.29 is 22.4 Å². The molecule has 170 valence electrons. The second-order valence-electron chi connectivity index (χ2n) is 6.44. The molecule has 0 fully saturated rings. The number of pyridine rings is 2. The largest absolute Gasteiger partial charge is 0.433 e. The van der Waals surface area contributed by atoms with E-state index < -0.39 is 35.6 Å². The van der Waals surface area contributed by atoms with Gasteiger partial charge >= 0.3 is 6.18 Å². The van der Waals surface area contributed by atoms with Gasteiger partial charge in [-0.2, -0.15) is 28.5 Å². The molecule has 4 rings (SSSR count). The second-order valence-corrected chi connectivity index (χ2v) is 7.60. The summed E-state index contributed by atoms with van der Waals surface area (Å²) in [6.45, 7) is 0. The van der Waals surface area contributed by atoms with Crippen LogP contribution >= 0.6 is 27.5 Å². The van der Waals surface area contributed by atoms with Gasteiger partial charge in [-0.15, -0.1) is 4.80 Å². The van der Waals surface area contributed by atoms with E-state index in [0.29, 0.717) is 4.68 Å². The third kappa shape index (κ3) is 4.85. The molecule has 4 heterocycles. The van der Waals surface area contributed by atoms with E-state index in [2.05, 4.69) is 46.5 Å². The number of alkyl halides is 3. The third-order valence-electron chi connectivity index (χ3n) is 4.18. The zero-order valence-electron chi connectivity index (χ0n) is 16.1. The lowest BCUT2D eigenvalue weighted by Crippen LogP contribution is -2.20. The predicted molar refractivity (Wildman–Crippen MR) is 111 cm³/mol. The van der Waals surface area contributed by atoms with Crippen LogP contribution in [0, 0.1) is 5.82 Å². The van der Waals surface area contributed by atoms with Crippen molar-refractivity contribution in [3.8, 4) is 11.6 Å². The van der Waals surface area contributed by atoms with Gasteiger partial charge in [0.15, 0.2) is 23.1 Å². The van der Waals surface area contributed by atoms with Crippen LogP contribution in [0.15, 0.2) is 47.6 Å². The van der Waals surface area contributed by atoms with Gasteiger partial charge < -0.3 is 5.32 Å². The Morgan fingerprint density at radius 1 is 1.15 bits per heavy atom. The van der Waals surface area contributed by atoms with Gasteiger partial charge in [0, 0.05) is 5.56 Å². The first-order valence-electron chi connectivity index (χ1n) is 8.92. The summed E-state index contributed by atoms with van der Waals surface area (Å²) < 4.78 is 55.0. The van der Waals surface area contributed by atoms with Crippen LogP contribution in [-0.4, -0.2) is 40.6 Å². The highest BCUT2D eigenvalue weighted by molar-refractivity contribution is 9.10. The lowest BCUT2D eigenvalue weighted by atomic mass is 10.1. The molecule has 0 aromatic carbocycles. The Bertz CT molecular complexity index is 1330. The van der Waals surface area contributed by atoms with Crippen molar-refractivity contribution in [2.75, 3.05) is 5.32 Å². The maximum absolute atomic E-state index is 13.8. The van der Waals surface area contributed by atoms with Crippen LogP contribution in [-0.2, 0) is 17.4 Å². The van der Waals surface area contributed by atoms with E-state index in [-0.39, 0.29) is 26.9 Å². The molecular formula is C18H10BrClF4N8O. The summed E-state index contributed by atoms with van der Waals surface area (Å²) in [6, 6.07) is 3.34. The summed E-state index contributed by atoms with van der Waals surface area (Å²) in [5.74, 6) is -1.59. The lowest BCUT2D eigenvalue weighted by molar-refractivity contribution is -0.143. The second kappa shape index (κ2) is 8.86. The molecule has 0 aliphatic heterocycles. The Kier molecular flexibility index (Phi) is 6.12. The fourth-order valence-corrected chi connectivity index (χ4v) is 3.42. The number of hydrogen-bond acceptors (Lipinski definition) is 6. The quantitative estimate of drug-likeness (QED) is 0.300.